The molecule has 1 saturated heterocycles. The maximum atomic E-state index is 12.7. The van der Waals surface area contributed by atoms with E-state index in [1.165, 1.54) is 6.92 Å². The summed E-state index contributed by atoms with van der Waals surface area (Å²) >= 11 is 0. The molecule has 2 aliphatic rings. The zero-order valence-electron chi connectivity index (χ0n) is 15.2. The highest BCUT2D eigenvalue weighted by Gasteiger charge is 2.35. The summed E-state index contributed by atoms with van der Waals surface area (Å²) in [6.07, 6.45) is 4.04. The van der Waals surface area contributed by atoms with E-state index in [-0.39, 0.29) is 29.7 Å². The average molecular weight is 357 g/mol. The van der Waals surface area contributed by atoms with Crippen molar-refractivity contribution in [3.05, 3.63) is 35.9 Å². The molecule has 2 fully saturated rings. The van der Waals surface area contributed by atoms with Crippen LogP contribution >= 0.6 is 0 Å². The van der Waals surface area contributed by atoms with Crippen molar-refractivity contribution in [2.24, 2.45) is 5.92 Å². The third-order valence-corrected chi connectivity index (χ3v) is 5.06. The zero-order valence-corrected chi connectivity index (χ0v) is 15.2. The first-order valence-corrected chi connectivity index (χ1v) is 9.43. The van der Waals surface area contributed by atoms with Gasteiger partial charge in [-0.1, -0.05) is 30.3 Å². The van der Waals surface area contributed by atoms with Crippen LogP contribution in [0.25, 0.3) is 0 Å². The summed E-state index contributed by atoms with van der Waals surface area (Å²) in [6, 6.07) is 9.13. The van der Waals surface area contributed by atoms with Gasteiger partial charge in [-0.3, -0.25) is 14.4 Å². The molecule has 1 unspecified atom stereocenters. The Hall–Kier alpha value is -2.37. The Kier molecular flexibility index (Phi) is 5.91. The Labute approximate surface area is 154 Å². The molecule has 3 amide bonds. The van der Waals surface area contributed by atoms with Crippen LogP contribution in [0.2, 0.25) is 0 Å². The molecule has 0 spiro atoms. The van der Waals surface area contributed by atoms with Gasteiger partial charge in [-0.25, -0.2) is 0 Å². The average Bonchev–Trinajstić information content (AvgIpc) is 3.47. The van der Waals surface area contributed by atoms with Crippen molar-refractivity contribution >= 4 is 17.7 Å². The van der Waals surface area contributed by atoms with E-state index in [4.69, 9.17) is 0 Å². The van der Waals surface area contributed by atoms with Gasteiger partial charge in [0.1, 0.15) is 6.04 Å². The minimum Gasteiger partial charge on any atom is -0.351 e. The van der Waals surface area contributed by atoms with Crippen molar-refractivity contribution < 1.29 is 14.4 Å². The highest BCUT2D eigenvalue weighted by Crippen LogP contribution is 2.31. The van der Waals surface area contributed by atoms with Gasteiger partial charge in [0.05, 0.1) is 0 Å². The maximum absolute atomic E-state index is 12.7. The molecule has 1 atom stereocenters. The molecule has 0 aromatic heterocycles. The molecule has 1 saturated carbocycles. The van der Waals surface area contributed by atoms with E-state index in [1.807, 2.05) is 35.2 Å². The highest BCUT2D eigenvalue weighted by molar-refractivity contribution is 5.87. The van der Waals surface area contributed by atoms with E-state index >= 15 is 0 Å². The summed E-state index contributed by atoms with van der Waals surface area (Å²) in [4.78, 5) is 38.2. The van der Waals surface area contributed by atoms with Gasteiger partial charge in [0.25, 0.3) is 0 Å². The van der Waals surface area contributed by atoms with Gasteiger partial charge in [-0.2, -0.15) is 0 Å². The van der Waals surface area contributed by atoms with Crippen molar-refractivity contribution in [1.29, 1.82) is 0 Å². The second kappa shape index (κ2) is 8.34. The third kappa shape index (κ3) is 5.07. The monoisotopic (exact) mass is 357 g/mol. The lowest BCUT2D eigenvalue weighted by molar-refractivity contribution is -0.134. The fraction of sp³-hybridized carbons (Fsp3) is 0.550. The Bertz CT molecular complexity index is 650. The Morgan fingerprint density at radius 3 is 2.31 bits per heavy atom. The summed E-state index contributed by atoms with van der Waals surface area (Å²) in [7, 11) is 0. The quantitative estimate of drug-likeness (QED) is 0.804. The van der Waals surface area contributed by atoms with E-state index in [2.05, 4.69) is 10.6 Å². The summed E-state index contributed by atoms with van der Waals surface area (Å²) < 4.78 is 0. The lowest BCUT2D eigenvalue weighted by Gasteiger charge is -2.33. The van der Waals surface area contributed by atoms with Gasteiger partial charge >= 0.3 is 0 Å². The first-order valence-electron chi connectivity index (χ1n) is 9.43. The van der Waals surface area contributed by atoms with E-state index in [0.29, 0.717) is 19.5 Å². The molecular weight excluding hydrogens is 330 g/mol. The summed E-state index contributed by atoms with van der Waals surface area (Å²) in [6.45, 7) is 2.82. The van der Waals surface area contributed by atoms with E-state index in [9.17, 15) is 14.4 Å². The van der Waals surface area contributed by atoms with Crippen LogP contribution in [0.3, 0.4) is 0 Å². The topological polar surface area (TPSA) is 78.5 Å². The number of hydrogen-bond acceptors (Lipinski definition) is 3. The molecule has 1 heterocycles. The fourth-order valence-corrected chi connectivity index (χ4v) is 3.44. The van der Waals surface area contributed by atoms with Gasteiger partial charge in [-0.15, -0.1) is 0 Å². The van der Waals surface area contributed by atoms with Crippen molar-refractivity contribution in [3.63, 3.8) is 0 Å². The van der Waals surface area contributed by atoms with Gasteiger partial charge < -0.3 is 15.5 Å². The number of nitrogens with one attached hydrogen (secondary N) is 2. The van der Waals surface area contributed by atoms with Crippen LogP contribution in [0.5, 0.6) is 0 Å². The number of amides is 3. The predicted molar refractivity (Wildman–Crippen MR) is 98.2 cm³/mol. The van der Waals surface area contributed by atoms with Gasteiger partial charge in [-0.05, 0) is 31.2 Å². The minimum atomic E-state index is -0.582. The number of rotatable bonds is 6. The second-order valence-electron chi connectivity index (χ2n) is 7.33. The van der Waals surface area contributed by atoms with E-state index in [1.54, 1.807) is 0 Å². The largest absolute Gasteiger partial charge is 0.351 e. The SMILES string of the molecule is CC(=O)NC(Cc1ccccc1)C(=O)NC1CCN(C(=O)C2CC2)CC1. The predicted octanol–water partition coefficient (Wildman–Crippen LogP) is 1.25. The number of carbonyl (C=O) groups excluding carboxylic acids is 3. The second-order valence-corrected chi connectivity index (χ2v) is 7.33. The first kappa shape index (κ1) is 18.4. The number of piperidine rings is 1. The van der Waals surface area contributed by atoms with E-state index < -0.39 is 6.04 Å². The lowest BCUT2D eigenvalue weighted by atomic mass is 10.0. The van der Waals surface area contributed by atoms with Crippen LogP contribution in [0, 0.1) is 5.92 Å². The molecular formula is C20H27N3O3. The first-order chi connectivity index (χ1) is 12.5. The summed E-state index contributed by atoms with van der Waals surface area (Å²) in [5.41, 5.74) is 1.01. The lowest BCUT2D eigenvalue weighted by Crippen LogP contribution is -2.53. The van der Waals surface area contributed by atoms with Crippen LogP contribution in [-0.4, -0.2) is 47.8 Å². The smallest absolute Gasteiger partial charge is 0.243 e. The van der Waals surface area contributed by atoms with Crippen LogP contribution < -0.4 is 10.6 Å². The van der Waals surface area contributed by atoms with Crippen LogP contribution in [-0.2, 0) is 20.8 Å². The van der Waals surface area contributed by atoms with Crippen molar-refractivity contribution in [1.82, 2.24) is 15.5 Å². The molecule has 140 valence electrons. The summed E-state index contributed by atoms with van der Waals surface area (Å²) in [5, 5.41) is 5.81. The molecule has 26 heavy (non-hydrogen) atoms. The molecule has 2 N–H and O–H groups in total. The third-order valence-electron chi connectivity index (χ3n) is 5.06. The standard InChI is InChI=1S/C20H27N3O3/c1-14(24)21-18(13-15-5-3-2-4-6-15)19(25)22-17-9-11-23(12-10-17)20(26)16-7-8-16/h2-6,16-18H,7-13H2,1H3,(H,21,24)(H,22,25). The van der Waals surface area contributed by atoms with Gasteiger partial charge in [0.2, 0.25) is 17.7 Å². The molecule has 6 nitrogen and oxygen atoms in total. The molecule has 6 heteroatoms. The molecule has 0 radical (unpaired) electrons. The van der Waals surface area contributed by atoms with Crippen molar-refractivity contribution in [2.75, 3.05) is 13.1 Å². The maximum Gasteiger partial charge on any atom is 0.243 e. The molecule has 1 aliphatic carbocycles. The van der Waals surface area contributed by atoms with E-state index in [0.717, 1.165) is 31.2 Å². The highest BCUT2D eigenvalue weighted by atomic mass is 16.2. The molecule has 1 aromatic carbocycles. The fourth-order valence-electron chi connectivity index (χ4n) is 3.44. The molecule has 1 aromatic rings. The molecule has 1 aliphatic heterocycles. The Morgan fingerprint density at radius 1 is 1.08 bits per heavy atom. The number of benzene rings is 1. The Morgan fingerprint density at radius 2 is 1.73 bits per heavy atom. The molecule has 3 rings (SSSR count). The normalized spacial score (nSPS) is 18.9. The molecule has 0 bridgehead atoms. The van der Waals surface area contributed by atoms with Crippen molar-refractivity contribution in [2.45, 2.75) is 51.1 Å². The zero-order chi connectivity index (χ0) is 18.5. The van der Waals surface area contributed by atoms with Gasteiger partial charge in [0.15, 0.2) is 0 Å². The summed E-state index contributed by atoms with van der Waals surface area (Å²) in [5.74, 6) is 0.146. The van der Waals surface area contributed by atoms with Crippen molar-refractivity contribution in [3.8, 4) is 0 Å². The number of nitrogens with zero attached hydrogens (tertiary/aromatic N) is 1. The minimum absolute atomic E-state index is 0.0535. The van der Waals surface area contributed by atoms with Gasteiger partial charge in [0, 0.05) is 38.4 Å². The van der Waals surface area contributed by atoms with Crippen LogP contribution in [0.1, 0.15) is 38.2 Å². The number of hydrogen-bond donors (Lipinski definition) is 2. The Balaban J connectivity index is 1.52. The number of carbonyl (C=O) groups is 3. The van der Waals surface area contributed by atoms with Crippen LogP contribution in [0.4, 0.5) is 0 Å². The number of likely N-dealkylation sites (tertiary alicyclic amines) is 1. The van der Waals surface area contributed by atoms with Crippen LogP contribution in [0.15, 0.2) is 30.3 Å².